The average molecular weight is 284 g/mol. The number of ether oxygens (including phenoxy) is 1. The van der Waals surface area contributed by atoms with Gasteiger partial charge in [-0.05, 0) is 36.4 Å². The number of anilines is 1. The van der Waals surface area contributed by atoms with Crippen molar-refractivity contribution >= 4 is 5.69 Å². The van der Waals surface area contributed by atoms with Crippen LogP contribution in [-0.2, 0) is 6.61 Å². The summed E-state index contributed by atoms with van der Waals surface area (Å²) in [6, 6.07) is 13.1. The lowest BCUT2D eigenvalue weighted by molar-refractivity contribution is 0.296. The number of rotatable bonds is 4. The fourth-order valence-corrected chi connectivity index (χ4v) is 1.84. The Hall–Kier alpha value is -2.89. The normalized spacial score (nSPS) is 10.5. The molecule has 1 aromatic heterocycles. The number of nitrogen functional groups attached to an aromatic ring is 1. The fourth-order valence-electron chi connectivity index (χ4n) is 1.84. The van der Waals surface area contributed by atoms with Crippen molar-refractivity contribution in [2.75, 3.05) is 5.73 Å². The molecule has 0 aliphatic carbocycles. The van der Waals surface area contributed by atoms with Crippen LogP contribution in [0.1, 0.15) is 5.82 Å². The highest BCUT2D eigenvalue weighted by molar-refractivity contribution is 5.54. The number of aromatic amines is 1. The number of nitrogens with zero attached hydrogens (tertiary/aromatic N) is 2. The molecule has 3 rings (SSSR count). The van der Waals surface area contributed by atoms with Crippen LogP contribution in [0.2, 0.25) is 0 Å². The van der Waals surface area contributed by atoms with E-state index in [9.17, 15) is 4.39 Å². The monoisotopic (exact) mass is 284 g/mol. The molecule has 0 atom stereocenters. The van der Waals surface area contributed by atoms with Crippen LogP contribution in [0.25, 0.3) is 11.4 Å². The summed E-state index contributed by atoms with van der Waals surface area (Å²) in [6.45, 7) is 0.248. The average Bonchev–Trinajstić information content (AvgIpc) is 2.95. The van der Waals surface area contributed by atoms with Crippen molar-refractivity contribution in [2.24, 2.45) is 0 Å². The summed E-state index contributed by atoms with van der Waals surface area (Å²) in [7, 11) is 0. The smallest absolute Gasteiger partial charge is 0.181 e. The van der Waals surface area contributed by atoms with Crippen LogP contribution in [0, 0.1) is 5.82 Å². The van der Waals surface area contributed by atoms with E-state index in [1.165, 1.54) is 12.1 Å². The van der Waals surface area contributed by atoms with Gasteiger partial charge in [0, 0.05) is 17.3 Å². The molecule has 0 aliphatic rings. The lowest BCUT2D eigenvalue weighted by Crippen LogP contribution is -1.98. The Bertz CT molecular complexity index is 739. The zero-order chi connectivity index (χ0) is 14.7. The first-order chi connectivity index (χ1) is 10.2. The van der Waals surface area contributed by atoms with E-state index in [0.717, 1.165) is 5.56 Å². The van der Waals surface area contributed by atoms with Gasteiger partial charge in [0.2, 0.25) is 0 Å². The second kappa shape index (κ2) is 5.62. The molecule has 0 amide bonds. The standard InChI is InChI=1S/C15H13FN4O/c16-11-6-4-10(5-7-11)15-18-14(19-20-15)9-21-13-3-1-2-12(17)8-13/h1-8H,9,17H2,(H,18,19,20). The van der Waals surface area contributed by atoms with Gasteiger partial charge >= 0.3 is 0 Å². The Morgan fingerprint density at radius 2 is 1.95 bits per heavy atom. The van der Waals surface area contributed by atoms with Crippen molar-refractivity contribution in [1.29, 1.82) is 0 Å². The Labute approximate surface area is 120 Å². The molecule has 0 fully saturated rings. The van der Waals surface area contributed by atoms with Gasteiger partial charge in [0.05, 0.1) is 0 Å². The van der Waals surface area contributed by atoms with Crippen LogP contribution in [0.5, 0.6) is 5.75 Å². The van der Waals surface area contributed by atoms with E-state index >= 15 is 0 Å². The number of nitrogens with one attached hydrogen (secondary N) is 1. The van der Waals surface area contributed by atoms with Crippen LogP contribution in [0.15, 0.2) is 48.5 Å². The number of hydrogen-bond acceptors (Lipinski definition) is 4. The van der Waals surface area contributed by atoms with E-state index in [1.54, 1.807) is 24.3 Å². The number of halogens is 1. The minimum Gasteiger partial charge on any atom is -0.486 e. The third-order valence-corrected chi connectivity index (χ3v) is 2.87. The minimum absolute atomic E-state index is 0.248. The molecule has 0 saturated heterocycles. The summed E-state index contributed by atoms with van der Waals surface area (Å²) in [5, 5.41) is 6.88. The van der Waals surface area contributed by atoms with Gasteiger partial charge in [-0.3, -0.25) is 5.10 Å². The van der Waals surface area contributed by atoms with Gasteiger partial charge in [-0.25, -0.2) is 9.37 Å². The highest BCUT2D eigenvalue weighted by atomic mass is 19.1. The first kappa shape index (κ1) is 13.1. The Morgan fingerprint density at radius 1 is 1.14 bits per heavy atom. The molecule has 5 nitrogen and oxygen atoms in total. The van der Waals surface area contributed by atoms with Crippen LogP contribution >= 0.6 is 0 Å². The highest BCUT2D eigenvalue weighted by Crippen LogP contribution is 2.17. The number of benzene rings is 2. The van der Waals surface area contributed by atoms with E-state index in [-0.39, 0.29) is 12.4 Å². The van der Waals surface area contributed by atoms with Crippen LogP contribution < -0.4 is 10.5 Å². The van der Waals surface area contributed by atoms with Crippen molar-refractivity contribution < 1.29 is 9.13 Å². The van der Waals surface area contributed by atoms with Crippen LogP contribution in [-0.4, -0.2) is 15.2 Å². The summed E-state index contributed by atoms with van der Waals surface area (Å²) in [6.07, 6.45) is 0. The second-order valence-corrected chi connectivity index (χ2v) is 4.47. The molecule has 1 heterocycles. The van der Waals surface area contributed by atoms with Gasteiger partial charge in [0.25, 0.3) is 0 Å². The molecule has 106 valence electrons. The number of H-pyrrole nitrogens is 1. The summed E-state index contributed by atoms with van der Waals surface area (Å²) < 4.78 is 18.4. The Kier molecular flexibility index (Phi) is 3.51. The quantitative estimate of drug-likeness (QED) is 0.722. The topological polar surface area (TPSA) is 76.8 Å². The van der Waals surface area contributed by atoms with Crippen molar-refractivity contribution in [2.45, 2.75) is 6.61 Å². The molecule has 0 bridgehead atoms. The summed E-state index contributed by atoms with van der Waals surface area (Å²) in [5.41, 5.74) is 7.05. The van der Waals surface area contributed by atoms with Crippen molar-refractivity contribution in [3.05, 3.63) is 60.2 Å². The fraction of sp³-hybridized carbons (Fsp3) is 0.0667. The van der Waals surface area contributed by atoms with Gasteiger partial charge in [-0.15, -0.1) is 0 Å². The molecule has 21 heavy (non-hydrogen) atoms. The van der Waals surface area contributed by atoms with Gasteiger partial charge in [0.1, 0.15) is 18.2 Å². The Balaban J connectivity index is 1.69. The summed E-state index contributed by atoms with van der Waals surface area (Å²) >= 11 is 0. The number of nitrogens with two attached hydrogens (primary N) is 1. The number of aromatic nitrogens is 3. The molecule has 6 heteroatoms. The van der Waals surface area contributed by atoms with Crippen LogP contribution in [0.3, 0.4) is 0 Å². The zero-order valence-corrected chi connectivity index (χ0v) is 11.1. The minimum atomic E-state index is -0.292. The first-order valence-electron chi connectivity index (χ1n) is 6.36. The van der Waals surface area contributed by atoms with Gasteiger partial charge in [0.15, 0.2) is 11.6 Å². The molecule has 2 aromatic carbocycles. The maximum absolute atomic E-state index is 12.9. The van der Waals surface area contributed by atoms with Gasteiger partial charge in [-0.1, -0.05) is 6.07 Å². The largest absolute Gasteiger partial charge is 0.486 e. The molecule has 3 aromatic rings. The maximum Gasteiger partial charge on any atom is 0.181 e. The van der Waals surface area contributed by atoms with Gasteiger partial charge < -0.3 is 10.5 Å². The third kappa shape index (κ3) is 3.17. The van der Waals surface area contributed by atoms with E-state index in [4.69, 9.17) is 10.5 Å². The van der Waals surface area contributed by atoms with Crippen molar-refractivity contribution in [3.63, 3.8) is 0 Å². The molecule has 0 spiro atoms. The van der Waals surface area contributed by atoms with Gasteiger partial charge in [-0.2, -0.15) is 5.10 Å². The van der Waals surface area contributed by atoms with Crippen molar-refractivity contribution in [3.8, 4) is 17.1 Å². The third-order valence-electron chi connectivity index (χ3n) is 2.87. The lowest BCUT2D eigenvalue weighted by atomic mass is 10.2. The molecule has 0 unspecified atom stereocenters. The molecule has 0 saturated carbocycles. The number of hydrogen-bond donors (Lipinski definition) is 2. The van der Waals surface area contributed by atoms with E-state index in [2.05, 4.69) is 15.2 Å². The second-order valence-electron chi connectivity index (χ2n) is 4.47. The Morgan fingerprint density at radius 3 is 2.71 bits per heavy atom. The van der Waals surface area contributed by atoms with E-state index in [0.29, 0.717) is 23.1 Å². The highest BCUT2D eigenvalue weighted by Gasteiger charge is 2.06. The molecule has 3 N–H and O–H groups in total. The summed E-state index contributed by atoms with van der Waals surface area (Å²) in [5.74, 6) is 1.45. The van der Waals surface area contributed by atoms with E-state index in [1.807, 2.05) is 12.1 Å². The van der Waals surface area contributed by atoms with E-state index < -0.39 is 0 Å². The molecular formula is C15H13FN4O. The molecule has 0 aliphatic heterocycles. The molecule has 0 radical (unpaired) electrons. The predicted molar refractivity (Wildman–Crippen MR) is 77.0 cm³/mol. The molecular weight excluding hydrogens is 271 g/mol. The SMILES string of the molecule is Nc1cccc(OCc2nc(-c3ccc(F)cc3)n[nH]2)c1. The van der Waals surface area contributed by atoms with Crippen molar-refractivity contribution in [1.82, 2.24) is 15.2 Å². The predicted octanol–water partition coefficient (Wildman–Crippen LogP) is 2.77. The summed E-state index contributed by atoms with van der Waals surface area (Å²) in [4.78, 5) is 4.30. The lowest BCUT2D eigenvalue weighted by Gasteiger charge is -2.03. The maximum atomic E-state index is 12.9. The first-order valence-corrected chi connectivity index (χ1v) is 6.36. The zero-order valence-electron chi connectivity index (χ0n) is 11.1. The van der Waals surface area contributed by atoms with Crippen LogP contribution in [0.4, 0.5) is 10.1 Å².